The van der Waals surface area contributed by atoms with Crippen LogP contribution >= 0.6 is 23.2 Å². The molecule has 0 aliphatic heterocycles. The topological polar surface area (TPSA) is 66.4 Å². The maximum Gasteiger partial charge on any atom is 1.00 e. The number of hydrogen-bond donors (Lipinski definition) is 0. The fraction of sp³-hybridized carbons (Fsp3) is 0.400. The molecule has 96 valence electrons. The molecule has 0 unspecified atom stereocenters. The summed E-state index contributed by atoms with van der Waals surface area (Å²) in [5, 5.41) is 0.148. The van der Waals surface area contributed by atoms with Crippen LogP contribution in [0.1, 0.15) is 19.8 Å². The molecule has 0 atom stereocenters. The molecule has 0 amide bonds. The van der Waals surface area contributed by atoms with Crippen molar-refractivity contribution in [3.05, 3.63) is 22.2 Å². The summed E-state index contributed by atoms with van der Waals surface area (Å²) in [6.07, 6.45) is 1.64. The zero-order valence-electron chi connectivity index (χ0n) is 10.1. The molecule has 1 aromatic rings. The van der Waals surface area contributed by atoms with Gasteiger partial charge in [0.25, 0.3) is 0 Å². The second-order valence-electron chi connectivity index (χ2n) is 3.37. The molecular formula is C10H11Cl2NaO4S. The van der Waals surface area contributed by atoms with Gasteiger partial charge in [0.1, 0.15) is 15.9 Å². The van der Waals surface area contributed by atoms with Gasteiger partial charge < -0.3 is 9.29 Å². The van der Waals surface area contributed by atoms with Crippen LogP contribution < -0.4 is 34.3 Å². The van der Waals surface area contributed by atoms with E-state index in [4.69, 9.17) is 27.9 Å². The van der Waals surface area contributed by atoms with Crippen LogP contribution in [0.15, 0.2) is 17.0 Å². The number of ether oxygens (including phenoxy) is 1. The fourth-order valence-corrected chi connectivity index (χ4v) is 2.15. The molecule has 1 aromatic carbocycles. The fourth-order valence-electron chi connectivity index (χ4n) is 1.14. The minimum Gasteiger partial charge on any atom is -0.744 e. The summed E-state index contributed by atoms with van der Waals surface area (Å²) < 4.78 is 38.3. The maximum absolute atomic E-state index is 11.0. The summed E-state index contributed by atoms with van der Waals surface area (Å²) >= 11 is 11.4. The minimum atomic E-state index is -4.63. The Balaban J connectivity index is 0.00000289. The van der Waals surface area contributed by atoms with Gasteiger partial charge in [0.15, 0.2) is 0 Å². The zero-order chi connectivity index (χ0) is 13.1. The number of hydrogen-bond acceptors (Lipinski definition) is 4. The van der Waals surface area contributed by atoms with Crippen molar-refractivity contribution < 1.29 is 47.3 Å². The molecule has 0 bridgehead atoms. The molecule has 4 nitrogen and oxygen atoms in total. The number of rotatable bonds is 5. The first kappa shape index (κ1) is 18.5. The van der Waals surface area contributed by atoms with Gasteiger partial charge >= 0.3 is 29.6 Å². The van der Waals surface area contributed by atoms with Crippen molar-refractivity contribution in [2.24, 2.45) is 0 Å². The molecule has 0 aliphatic rings. The Morgan fingerprint density at radius 1 is 1.28 bits per heavy atom. The van der Waals surface area contributed by atoms with Crippen LogP contribution in [0.2, 0.25) is 10.0 Å². The van der Waals surface area contributed by atoms with E-state index in [9.17, 15) is 13.0 Å². The molecule has 0 heterocycles. The van der Waals surface area contributed by atoms with Crippen molar-refractivity contribution in [2.45, 2.75) is 24.7 Å². The number of halogens is 2. The quantitative estimate of drug-likeness (QED) is 0.438. The van der Waals surface area contributed by atoms with Crippen molar-refractivity contribution in [2.75, 3.05) is 6.61 Å². The van der Waals surface area contributed by atoms with Crippen molar-refractivity contribution in [1.82, 2.24) is 0 Å². The maximum atomic E-state index is 11.0. The SMILES string of the molecule is CCCCOc1cc(Cl)c(Cl)cc1S(=O)(=O)[O-].[Na+]. The van der Waals surface area contributed by atoms with Gasteiger partial charge in [-0.25, -0.2) is 8.42 Å². The number of benzene rings is 1. The molecule has 0 N–H and O–H groups in total. The van der Waals surface area contributed by atoms with Crippen LogP contribution in [0, 0.1) is 0 Å². The summed E-state index contributed by atoms with van der Waals surface area (Å²) in [5.41, 5.74) is 0. The van der Waals surface area contributed by atoms with E-state index in [1.807, 2.05) is 6.92 Å². The van der Waals surface area contributed by atoms with Gasteiger partial charge in [-0.05, 0) is 12.5 Å². The standard InChI is InChI=1S/C10H12Cl2O4S.Na/c1-2-3-4-16-9-5-7(11)8(12)6-10(9)17(13,14)15;/h5-6H,2-4H2,1H3,(H,13,14,15);/q;+1/p-1. The first-order valence-electron chi connectivity index (χ1n) is 4.94. The Hall–Kier alpha value is 0.510. The monoisotopic (exact) mass is 320 g/mol. The summed E-state index contributed by atoms with van der Waals surface area (Å²) in [6.45, 7) is 2.28. The predicted molar refractivity (Wildman–Crippen MR) is 64.8 cm³/mol. The van der Waals surface area contributed by atoms with Crippen LogP contribution in [0.4, 0.5) is 0 Å². The van der Waals surface area contributed by atoms with Gasteiger partial charge in [-0.3, -0.25) is 0 Å². The van der Waals surface area contributed by atoms with Crippen molar-refractivity contribution in [3.8, 4) is 5.75 Å². The minimum absolute atomic E-state index is 0. The average Bonchev–Trinajstić information content (AvgIpc) is 2.21. The third-order valence-electron chi connectivity index (χ3n) is 2.01. The third-order valence-corrected chi connectivity index (χ3v) is 3.59. The van der Waals surface area contributed by atoms with Gasteiger partial charge in [0, 0.05) is 6.07 Å². The molecule has 18 heavy (non-hydrogen) atoms. The molecule has 0 spiro atoms. The van der Waals surface area contributed by atoms with Gasteiger partial charge in [-0.15, -0.1) is 0 Å². The molecule has 0 aliphatic carbocycles. The van der Waals surface area contributed by atoms with Gasteiger partial charge in [0.2, 0.25) is 0 Å². The van der Waals surface area contributed by atoms with Gasteiger partial charge in [0.05, 0.1) is 21.5 Å². The summed E-state index contributed by atoms with van der Waals surface area (Å²) in [7, 11) is -4.63. The molecule has 0 fully saturated rings. The van der Waals surface area contributed by atoms with E-state index in [1.165, 1.54) is 6.07 Å². The van der Waals surface area contributed by atoms with E-state index in [1.54, 1.807) is 0 Å². The Bertz CT molecular complexity index is 505. The van der Waals surface area contributed by atoms with Crippen LogP contribution in [0.25, 0.3) is 0 Å². The van der Waals surface area contributed by atoms with Crippen molar-refractivity contribution in [3.63, 3.8) is 0 Å². The Morgan fingerprint density at radius 3 is 2.33 bits per heavy atom. The van der Waals surface area contributed by atoms with E-state index in [0.29, 0.717) is 6.61 Å². The second-order valence-corrected chi connectivity index (χ2v) is 5.53. The second kappa shape index (κ2) is 7.94. The first-order chi connectivity index (χ1) is 7.86. The molecular weight excluding hydrogens is 310 g/mol. The molecule has 0 radical (unpaired) electrons. The summed E-state index contributed by atoms with van der Waals surface area (Å²) in [5.74, 6) is -0.0529. The van der Waals surface area contributed by atoms with Crippen LogP contribution in [-0.2, 0) is 10.1 Å². The molecule has 1 rings (SSSR count). The molecule has 8 heteroatoms. The molecule has 0 saturated carbocycles. The van der Waals surface area contributed by atoms with E-state index in [2.05, 4.69) is 0 Å². The van der Waals surface area contributed by atoms with Gasteiger partial charge in [-0.2, -0.15) is 0 Å². The molecule has 0 saturated heterocycles. The van der Waals surface area contributed by atoms with E-state index >= 15 is 0 Å². The normalized spacial score (nSPS) is 10.9. The predicted octanol–water partition coefficient (Wildman–Crippen LogP) is 0.0804. The largest absolute Gasteiger partial charge is 1.00 e. The van der Waals surface area contributed by atoms with E-state index in [-0.39, 0.29) is 45.4 Å². The van der Waals surface area contributed by atoms with E-state index in [0.717, 1.165) is 18.9 Å². The Kier molecular flexibility index (Phi) is 8.17. The van der Waals surface area contributed by atoms with E-state index < -0.39 is 15.0 Å². The zero-order valence-corrected chi connectivity index (χ0v) is 14.4. The summed E-state index contributed by atoms with van der Waals surface area (Å²) in [4.78, 5) is -0.483. The van der Waals surface area contributed by atoms with Crippen LogP contribution in [-0.4, -0.2) is 19.6 Å². The Labute approximate surface area is 139 Å². The first-order valence-corrected chi connectivity index (χ1v) is 7.10. The average molecular weight is 321 g/mol. The summed E-state index contributed by atoms with van der Waals surface area (Å²) in [6, 6.07) is 2.25. The van der Waals surface area contributed by atoms with Gasteiger partial charge in [-0.1, -0.05) is 36.5 Å². The van der Waals surface area contributed by atoms with Crippen LogP contribution in [0.5, 0.6) is 5.75 Å². The third kappa shape index (κ3) is 5.25. The number of unbranched alkanes of at least 4 members (excludes halogenated alkanes) is 1. The molecule has 0 aromatic heterocycles. The van der Waals surface area contributed by atoms with Crippen molar-refractivity contribution in [1.29, 1.82) is 0 Å². The Morgan fingerprint density at radius 2 is 1.83 bits per heavy atom. The van der Waals surface area contributed by atoms with Crippen molar-refractivity contribution >= 4 is 33.3 Å². The van der Waals surface area contributed by atoms with Crippen LogP contribution in [0.3, 0.4) is 0 Å². The smallest absolute Gasteiger partial charge is 0.744 e.